The van der Waals surface area contributed by atoms with E-state index in [4.69, 9.17) is 0 Å². The molecule has 0 heterocycles. The molecule has 3 heteroatoms. The molecule has 0 aromatic heterocycles. The molecule has 0 bridgehead atoms. The van der Waals surface area contributed by atoms with Crippen molar-refractivity contribution in [3.05, 3.63) is 11.6 Å². The molecule has 0 aliphatic heterocycles. The average Bonchev–Trinajstić information content (AvgIpc) is 2.82. The molecule has 128 valence electrons. The molecule has 4 aliphatic rings. The van der Waals surface area contributed by atoms with E-state index >= 15 is 0 Å². The van der Waals surface area contributed by atoms with Crippen LogP contribution in [0.4, 0.5) is 0 Å². The Kier molecular flexibility index (Phi) is 3.39. The summed E-state index contributed by atoms with van der Waals surface area (Å²) in [5, 5.41) is 21.9. The van der Waals surface area contributed by atoms with Crippen LogP contribution in [-0.4, -0.2) is 28.2 Å². The van der Waals surface area contributed by atoms with Crippen LogP contribution in [0.15, 0.2) is 11.6 Å². The number of rotatable bonds is 0. The van der Waals surface area contributed by atoms with E-state index in [-0.39, 0.29) is 40.7 Å². The van der Waals surface area contributed by atoms with Gasteiger partial charge in [0.05, 0.1) is 12.2 Å². The fraction of sp³-hybridized carbons (Fsp3) is 0.850. The molecule has 0 aromatic carbocycles. The molecule has 3 nitrogen and oxygen atoms in total. The van der Waals surface area contributed by atoms with E-state index in [1.807, 2.05) is 6.08 Å². The molecule has 0 aromatic rings. The van der Waals surface area contributed by atoms with Gasteiger partial charge in [-0.25, -0.2) is 0 Å². The molecule has 2 N–H and O–H groups in total. The van der Waals surface area contributed by atoms with Gasteiger partial charge in [-0.2, -0.15) is 0 Å². The molecule has 0 radical (unpaired) electrons. The highest BCUT2D eigenvalue weighted by Gasteiger charge is 2.64. The van der Waals surface area contributed by atoms with Crippen LogP contribution in [0.5, 0.6) is 0 Å². The van der Waals surface area contributed by atoms with E-state index in [0.717, 1.165) is 32.1 Å². The average molecular weight is 318 g/mol. The minimum Gasteiger partial charge on any atom is -0.393 e. The monoisotopic (exact) mass is 318 g/mol. The van der Waals surface area contributed by atoms with E-state index in [2.05, 4.69) is 20.8 Å². The van der Waals surface area contributed by atoms with E-state index < -0.39 is 0 Å². The Labute approximate surface area is 139 Å². The highest BCUT2D eigenvalue weighted by molar-refractivity contribution is 5.91. The number of carbonyl (C=O) groups is 1. The quantitative estimate of drug-likeness (QED) is 0.721. The third-order valence-electron chi connectivity index (χ3n) is 8.55. The zero-order valence-electron chi connectivity index (χ0n) is 14.6. The minimum atomic E-state index is -0.379. The summed E-state index contributed by atoms with van der Waals surface area (Å²) in [5.41, 5.74) is 1.10. The van der Waals surface area contributed by atoms with Gasteiger partial charge in [0.15, 0.2) is 5.78 Å². The first-order valence-electron chi connectivity index (χ1n) is 9.40. The lowest BCUT2D eigenvalue weighted by Gasteiger charge is -2.61. The summed E-state index contributed by atoms with van der Waals surface area (Å²) in [5.74, 6) is 1.61. The molecule has 4 rings (SSSR count). The second-order valence-corrected chi connectivity index (χ2v) is 9.13. The fourth-order valence-electron chi connectivity index (χ4n) is 6.97. The molecule has 0 saturated heterocycles. The van der Waals surface area contributed by atoms with Crippen LogP contribution in [0.25, 0.3) is 0 Å². The highest BCUT2D eigenvalue weighted by Crippen LogP contribution is 2.66. The topological polar surface area (TPSA) is 57.5 Å². The number of fused-ring (bicyclic) bond motifs is 5. The van der Waals surface area contributed by atoms with Crippen molar-refractivity contribution in [3.8, 4) is 0 Å². The lowest BCUT2D eigenvalue weighted by molar-refractivity contribution is -0.176. The molecule has 3 saturated carbocycles. The predicted octanol–water partition coefficient (Wildman–Crippen LogP) is 3.10. The maximum atomic E-state index is 11.9. The first-order valence-corrected chi connectivity index (χ1v) is 9.40. The SMILES string of the molecule is C[C@H]1[C@@H](O)[C@H]2[C@@H](CCC3=CC(=O)CC[C@@]32C)[C@@H]2CC[C@@H](O)[C@@]12C. The van der Waals surface area contributed by atoms with Gasteiger partial charge in [-0.05, 0) is 67.3 Å². The molecule has 4 aliphatic carbocycles. The smallest absolute Gasteiger partial charge is 0.155 e. The fourth-order valence-corrected chi connectivity index (χ4v) is 6.97. The van der Waals surface area contributed by atoms with Crippen molar-refractivity contribution in [2.24, 2.45) is 34.5 Å². The number of aliphatic hydroxyl groups is 2. The van der Waals surface area contributed by atoms with E-state index in [0.29, 0.717) is 18.3 Å². The van der Waals surface area contributed by atoms with Gasteiger partial charge in [0, 0.05) is 11.8 Å². The van der Waals surface area contributed by atoms with Gasteiger partial charge in [0.25, 0.3) is 0 Å². The van der Waals surface area contributed by atoms with Crippen LogP contribution in [-0.2, 0) is 4.79 Å². The summed E-state index contributed by atoms with van der Waals surface area (Å²) < 4.78 is 0. The van der Waals surface area contributed by atoms with Gasteiger partial charge in [-0.15, -0.1) is 0 Å². The summed E-state index contributed by atoms with van der Waals surface area (Å²) in [6.07, 6.45) is 6.75. The summed E-state index contributed by atoms with van der Waals surface area (Å²) >= 11 is 0. The van der Waals surface area contributed by atoms with Crippen molar-refractivity contribution in [2.75, 3.05) is 0 Å². The number of carbonyl (C=O) groups excluding carboxylic acids is 1. The van der Waals surface area contributed by atoms with Gasteiger partial charge in [-0.1, -0.05) is 26.3 Å². The van der Waals surface area contributed by atoms with Gasteiger partial charge in [0.2, 0.25) is 0 Å². The van der Waals surface area contributed by atoms with Crippen LogP contribution < -0.4 is 0 Å². The Balaban J connectivity index is 1.78. The number of hydrogen-bond donors (Lipinski definition) is 2. The van der Waals surface area contributed by atoms with Crippen molar-refractivity contribution in [3.63, 3.8) is 0 Å². The third kappa shape index (κ3) is 1.87. The van der Waals surface area contributed by atoms with Gasteiger partial charge >= 0.3 is 0 Å². The Hall–Kier alpha value is -0.670. The standard InChI is InChI=1S/C20H30O3/c1-11-18(23)17-14(15-6-7-16(22)20(11,15)3)5-4-12-10-13(21)8-9-19(12,17)2/h10-11,14-18,22-23H,4-9H2,1-3H3/t11-,14-,15-,16+,17+,18+,19-,20-/m0/s1. The maximum Gasteiger partial charge on any atom is 0.155 e. The zero-order valence-corrected chi connectivity index (χ0v) is 14.6. The van der Waals surface area contributed by atoms with Crippen LogP contribution in [0.1, 0.15) is 59.3 Å². The second kappa shape index (κ2) is 4.92. The molecular weight excluding hydrogens is 288 g/mol. The van der Waals surface area contributed by atoms with E-state index in [1.165, 1.54) is 5.57 Å². The van der Waals surface area contributed by atoms with E-state index in [9.17, 15) is 15.0 Å². The normalized spacial score (nSPS) is 55.7. The highest BCUT2D eigenvalue weighted by atomic mass is 16.3. The molecule has 0 spiro atoms. The Morgan fingerprint density at radius 3 is 2.61 bits per heavy atom. The van der Waals surface area contributed by atoms with Crippen LogP contribution in [0.2, 0.25) is 0 Å². The van der Waals surface area contributed by atoms with Crippen LogP contribution >= 0.6 is 0 Å². The number of hydrogen-bond acceptors (Lipinski definition) is 3. The molecule has 3 fully saturated rings. The molecular formula is C20H30O3. The van der Waals surface area contributed by atoms with Crippen molar-refractivity contribution in [1.29, 1.82) is 0 Å². The molecule has 0 amide bonds. The van der Waals surface area contributed by atoms with Crippen molar-refractivity contribution in [2.45, 2.75) is 71.5 Å². The lowest BCUT2D eigenvalue weighted by Crippen LogP contribution is -2.61. The predicted molar refractivity (Wildman–Crippen MR) is 88.7 cm³/mol. The lowest BCUT2D eigenvalue weighted by atomic mass is 9.44. The number of aliphatic hydroxyl groups excluding tert-OH is 2. The second-order valence-electron chi connectivity index (χ2n) is 9.13. The third-order valence-corrected chi connectivity index (χ3v) is 8.55. The summed E-state index contributed by atoms with van der Waals surface area (Å²) in [6.45, 7) is 6.63. The van der Waals surface area contributed by atoms with Crippen molar-refractivity contribution < 1.29 is 15.0 Å². The maximum absolute atomic E-state index is 11.9. The Bertz CT molecular complexity index is 567. The summed E-state index contributed by atoms with van der Waals surface area (Å²) in [4.78, 5) is 11.9. The van der Waals surface area contributed by atoms with Crippen LogP contribution in [0.3, 0.4) is 0 Å². The Morgan fingerprint density at radius 1 is 1.13 bits per heavy atom. The van der Waals surface area contributed by atoms with E-state index in [1.54, 1.807) is 0 Å². The Morgan fingerprint density at radius 2 is 1.87 bits per heavy atom. The first-order chi connectivity index (χ1) is 10.8. The number of ketones is 1. The van der Waals surface area contributed by atoms with Crippen molar-refractivity contribution in [1.82, 2.24) is 0 Å². The minimum absolute atomic E-state index is 0.0284. The van der Waals surface area contributed by atoms with Crippen molar-refractivity contribution >= 4 is 5.78 Å². The number of allylic oxidation sites excluding steroid dienone is 1. The molecule has 0 unspecified atom stereocenters. The summed E-state index contributed by atoms with van der Waals surface area (Å²) in [7, 11) is 0. The van der Waals surface area contributed by atoms with Gasteiger partial charge in [0.1, 0.15) is 0 Å². The van der Waals surface area contributed by atoms with Gasteiger partial charge < -0.3 is 10.2 Å². The molecule has 8 atom stereocenters. The zero-order chi connectivity index (χ0) is 16.6. The van der Waals surface area contributed by atoms with Gasteiger partial charge in [-0.3, -0.25) is 4.79 Å². The molecule has 23 heavy (non-hydrogen) atoms. The largest absolute Gasteiger partial charge is 0.393 e. The summed E-state index contributed by atoms with van der Waals surface area (Å²) in [6, 6.07) is 0. The van der Waals surface area contributed by atoms with Crippen LogP contribution in [0, 0.1) is 34.5 Å². The first kappa shape index (κ1) is 15.8.